The number of nitrogens with two attached hydrogens (primary N) is 2. The van der Waals surface area contributed by atoms with Crippen LogP contribution in [0.1, 0.15) is 49.4 Å². The van der Waals surface area contributed by atoms with E-state index in [4.69, 9.17) is 16.2 Å². The summed E-state index contributed by atoms with van der Waals surface area (Å²) >= 11 is 0. The van der Waals surface area contributed by atoms with Gasteiger partial charge in [-0.2, -0.15) is 0 Å². The van der Waals surface area contributed by atoms with Crippen LogP contribution >= 0.6 is 0 Å². The number of carbonyl (C=O) groups excluding carboxylic acids is 1. The second-order valence-corrected chi connectivity index (χ2v) is 9.33. The lowest BCUT2D eigenvalue weighted by Gasteiger charge is -2.30. The van der Waals surface area contributed by atoms with Crippen molar-refractivity contribution in [3.8, 4) is 0 Å². The van der Waals surface area contributed by atoms with Crippen LogP contribution in [0.25, 0.3) is 0 Å². The smallest absolute Gasteiger partial charge is 0.251 e. The molecule has 0 bridgehead atoms. The molecule has 0 spiro atoms. The molecule has 32 heavy (non-hydrogen) atoms. The number of ether oxygens (including phenoxy) is 1. The van der Waals surface area contributed by atoms with Crippen molar-refractivity contribution in [2.75, 3.05) is 42.7 Å². The Morgan fingerprint density at radius 1 is 1.12 bits per heavy atom. The van der Waals surface area contributed by atoms with E-state index in [1.54, 1.807) is 32.0 Å². The van der Waals surface area contributed by atoms with Gasteiger partial charge in [0.05, 0.1) is 23.5 Å². The maximum Gasteiger partial charge on any atom is 0.251 e. The van der Waals surface area contributed by atoms with E-state index >= 15 is 0 Å². The average molecular weight is 444 g/mol. The molecule has 9 heteroatoms. The molecule has 6 N–H and O–H groups in total. The van der Waals surface area contributed by atoms with Crippen LogP contribution in [0.3, 0.4) is 0 Å². The van der Waals surface area contributed by atoms with Crippen molar-refractivity contribution in [1.82, 2.24) is 15.3 Å². The number of aromatic nitrogens is 2. The normalized spacial score (nSPS) is 11.9. The number of hydrogen-bond donors (Lipinski definition) is 4. The van der Waals surface area contributed by atoms with Crippen LogP contribution in [0, 0.1) is 13.8 Å². The van der Waals surface area contributed by atoms with Gasteiger partial charge in [-0.1, -0.05) is 0 Å². The van der Waals surface area contributed by atoms with E-state index in [2.05, 4.69) is 20.6 Å². The van der Waals surface area contributed by atoms with E-state index in [1.165, 1.54) is 0 Å². The molecule has 1 amide bonds. The zero-order valence-electron chi connectivity index (χ0n) is 20.2. The van der Waals surface area contributed by atoms with Crippen molar-refractivity contribution in [3.63, 3.8) is 0 Å². The third-order valence-corrected chi connectivity index (χ3v) is 4.67. The summed E-state index contributed by atoms with van der Waals surface area (Å²) in [5.41, 5.74) is 14.4. The fourth-order valence-electron chi connectivity index (χ4n) is 3.06. The lowest BCUT2D eigenvalue weighted by molar-refractivity contribution is -0.0370. The van der Waals surface area contributed by atoms with Gasteiger partial charge >= 0.3 is 0 Å². The minimum absolute atomic E-state index is 0.204. The second kappa shape index (κ2) is 10.1. The predicted octanol–water partition coefficient (Wildman–Crippen LogP) is 2.44. The van der Waals surface area contributed by atoms with E-state index < -0.39 is 11.3 Å². The van der Waals surface area contributed by atoms with Crippen LogP contribution in [0.15, 0.2) is 24.3 Å². The molecule has 1 aromatic heterocycles. The number of nitrogens with zero attached hydrogens (tertiary/aromatic N) is 3. The minimum Gasteiger partial charge on any atom is -0.397 e. The zero-order valence-corrected chi connectivity index (χ0v) is 20.2. The van der Waals surface area contributed by atoms with Gasteiger partial charge < -0.3 is 31.7 Å². The molecule has 0 aliphatic rings. The monoisotopic (exact) mass is 443 g/mol. The number of likely N-dealkylation sites (N-methyl/N-ethyl adjacent to an activating group) is 1. The number of aryl methyl sites for hydroxylation is 2. The summed E-state index contributed by atoms with van der Waals surface area (Å²) in [6, 6.07) is 7.18. The van der Waals surface area contributed by atoms with Gasteiger partial charge in [0.2, 0.25) is 5.95 Å². The quantitative estimate of drug-likeness (QED) is 0.325. The van der Waals surface area contributed by atoms with Gasteiger partial charge in [0, 0.05) is 37.1 Å². The van der Waals surface area contributed by atoms with Gasteiger partial charge in [0.1, 0.15) is 5.72 Å². The number of nitrogen functional groups attached to an aromatic ring is 1. The Morgan fingerprint density at radius 3 is 2.34 bits per heavy atom. The van der Waals surface area contributed by atoms with Gasteiger partial charge in [-0.15, -0.1) is 0 Å². The number of amides is 1. The van der Waals surface area contributed by atoms with Crippen molar-refractivity contribution in [2.45, 2.75) is 52.8 Å². The Hall–Kier alpha value is -2.91. The maximum absolute atomic E-state index is 12.8. The largest absolute Gasteiger partial charge is 0.397 e. The molecule has 0 aliphatic heterocycles. The SMILES string of the molecule is Cc1cc(C)nc(NCCN(C)c2cc(C(=O)NC(C)(C)COC(C)(C)N)ccc2N)n1. The molecule has 0 unspecified atom stereocenters. The van der Waals surface area contributed by atoms with Crippen LogP contribution in [0.4, 0.5) is 17.3 Å². The molecule has 0 radical (unpaired) electrons. The van der Waals surface area contributed by atoms with Crippen molar-refractivity contribution < 1.29 is 9.53 Å². The summed E-state index contributed by atoms with van der Waals surface area (Å²) in [5.74, 6) is 0.395. The first-order valence-electron chi connectivity index (χ1n) is 10.7. The van der Waals surface area contributed by atoms with Gasteiger partial charge in [0.25, 0.3) is 5.91 Å². The van der Waals surface area contributed by atoms with E-state index in [0.29, 0.717) is 30.3 Å². The molecule has 2 rings (SSSR count). The Morgan fingerprint density at radius 2 is 1.75 bits per heavy atom. The molecule has 0 fully saturated rings. The van der Waals surface area contributed by atoms with Crippen LogP contribution in [-0.2, 0) is 4.74 Å². The fraction of sp³-hybridized carbons (Fsp3) is 0.522. The summed E-state index contributed by atoms with van der Waals surface area (Å²) in [6.45, 7) is 12.8. The fourth-order valence-corrected chi connectivity index (χ4v) is 3.06. The highest BCUT2D eigenvalue weighted by Gasteiger charge is 2.25. The van der Waals surface area contributed by atoms with Crippen molar-refractivity contribution in [1.29, 1.82) is 0 Å². The summed E-state index contributed by atoms with van der Waals surface area (Å²) in [6.07, 6.45) is 0. The molecular formula is C23H37N7O2. The number of carbonyl (C=O) groups is 1. The molecule has 9 nitrogen and oxygen atoms in total. The second-order valence-electron chi connectivity index (χ2n) is 9.33. The first-order chi connectivity index (χ1) is 14.8. The standard InChI is InChI=1S/C23H37N7O2/c1-15-12-16(2)28-21(27-15)26-10-11-30(7)19-13-17(8-9-18(19)24)20(31)29-22(3,4)14-32-23(5,6)25/h8-9,12-13H,10-11,14,24-25H2,1-7H3,(H,29,31)(H,26,27,28). The molecule has 176 valence electrons. The first-order valence-corrected chi connectivity index (χ1v) is 10.7. The van der Waals surface area contributed by atoms with Gasteiger partial charge in [0.15, 0.2) is 0 Å². The van der Waals surface area contributed by atoms with Gasteiger partial charge in [-0.25, -0.2) is 9.97 Å². The Bertz CT molecular complexity index is 918. The molecule has 1 aromatic carbocycles. The van der Waals surface area contributed by atoms with E-state index in [0.717, 1.165) is 17.1 Å². The van der Waals surface area contributed by atoms with E-state index in [1.807, 2.05) is 45.7 Å². The maximum atomic E-state index is 12.8. The Balaban J connectivity index is 2.01. The lowest BCUT2D eigenvalue weighted by atomic mass is 10.0. The predicted molar refractivity (Wildman–Crippen MR) is 130 cm³/mol. The van der Waals surface area contributed by atoms with Crippen LogP contribution in [-0.4, -0.2) is 53.9 Å². The van der Waals surface area contributed by atoms with Crippen LogP contribution in [0.5, 0.6) is 0 Å². The first kappa shape index (κ1) is 25.4. The van der Waals surface area contributed by atoms with Crippen LogP contribution in [0.2, 0.25) is 0 Å². The molecule has 0 saturated heterocycles. The van der Waals surface area contributed by atoms with Gasteiger partial charge in [-0.3, -0.25) is 4.79 Å². The molecule has 0 saturated carbocycles. The number of benzene rings is 1. The summed E-state index contributed by atoms with van der Waals surface area (Å²) in [4.78, 5) is 23.6. The number of hydrogen-bond acceptors (Lipinski definition) is 8. The molecule has 0 aliphatic carbocycles. The highest BCUT2D eigenvalue weighted by atomic mass is 16.5. The summed E-state index contributed by atoms with van der Waals surface area (Å²) < 4.78 is 5.63. The number of rotatable bonds is 10. The zero-order chi connectivity index (χ0) is 24.1. The highest BCUT2D eigenvalue weighted by molar-refractivity contribution is 5.96. The number of nitrogens with one attached hydrogen (secondary N) is 2. The Kier molecular flexibility index (Phi) is 8.03. The van der Waals surface area contributed by atoms with Crippen LogP contribution < -0.4 is 27.0 Å². The third-order valence-electron chi connectivity index (χ3n) is 4.67. The van der Waals surface area contributed by atoms with Gasteiger partial charge in [-0.05, 0) is 65.8 Å². The molecular weight excluding hydrogens is 406 g/mol. The highest BCUT2D eigenvalue weighted by Crippen LogP contribution is 2.24. The number of anilines is 3. The lowest BCUT2D eigenvalue weighted by Crippen LogP contribution is -2.50. The molecule has 1 heterocycles. The third kappa shape index (κ3) is 7.97. The van der Waals surface area contributed by atoms with E-state index in [-0.39, 0.29) is 12.5 Å². The van der Waals surface area contributed by atoms with Crippen molar-refractivity contribution in [2.24, 2.45) is 5.73 Å². The average Bonchev–Trinajstić information content (AvgIpc) is 2.65. The van der Waals surface area contributed by atoms with Crippen molar-refractivity contribution >= 4 is 23.2 Å². The van der Waals surface area contributed by atoms with Crippen molar-refractivity contribution in [3.05, 3.63) is 41.2 Å². The Labute approximate surface area is 190 Å². The van der Waals surface area contributed by atoms with E-state index in [9.17, 15) is 4.79 Å². The molecule has 0 atom stereocenters. The molecule has 2 aromatic rings. The topological polar surface area (TPSA) is 131 Å². The minimum atomic E-state index is -0.769. The summed E-state index contributed by atoms with van der Waals surface area (Å²) in [7, 11) is 1.93. The summed E-state index contributed by atoms with van der Waals surface area (Å²) in [5, 5.41) is 6.23.